The van der Waals surface area contributed by atoms with E-state index >= 15 is 0 Å². The first kappa shape index (κ1) is 16.3. The number of likely N-dealkylation sites (tertiary alicyclic amines) is 2. The molecule has 2 aliphatic rings. The second kappa shape index (κ2) is 6.64. The highest BCUT2D eigenvalue weighted by Gasteiger charge is 2.46. The van der Waals surface area contributed by atoms with Crippen LogP contribution >= 0.6 is 0 Å². The Kier molecular flexibility index (Phi) is 4.34. The summed E-state index contributed by atoms with van der Waals surface area (Å²) in [4.78, 5) is 21.4. The van der Waals surface area contributed by atoms with Gasteiger partial charge in [0.05, 0.1) is 0 Å². The average Bonchev–Trinajstić information content (AvgIpc) is 3.17. The van der Waals surface area contributed by atoms with E-state index in [0.29, 0.717) is 18.9 Å². The molecule has 2 saturated heterocycles. The molecule has 1 amide bonds. The molecule has 2 aliphatic heterocycles. The smallest absolute Gasteiger partial charge is 0.223 e. The van der Waals surface area contributed by atoms with E-state index in [2.05, 4.69) is 50.8 Å². The van der Waals surface area contributed by atoms with E-state index in [1.54, 1.807) is 6.20 Å². The summed E-state index contributed by atoms with van der Waals surface area (Å²) in [5.41, 5.74) is 2.53. The summed E-state index contributed by atoms with van der Waals surface area (Å²) in [5, 5.41) is 0. The zero-order valence-corrected chi connectivity index (χ0v) is 14.9. The number of aryl methyl sites for hydroxylation is 1. The Balaban J connectivity index is 1.43. The molecule has 4 rings (SSSR count). The summed E-state index contributed by atoms with van der Waals surface area (Å²) < 4.78 is 2.19. The summed E-state index contributed by atoms with van der Waals surface area (Å²) in [6.07, 6.45) is 9.61. The lowest BCUT2D eigenvalue weighted by atomic mass is 9.84. The normalized spacial score (nSPS) is 20.5. The van der Waals surface area contributed by atoms with Gasteiger partial charge in [0, 0.05) is 69.5 Å². The fraction of sp³-hybridized carbons (Fsp3) is 0.500. The Bertz CT molecular complexity index is 731. The van der Waals surface area contributed by atoms with Crippen LogP contribution in [0.4, 0.5) is 0 Å². The first-order valence-corrected chi connectivity index (χ1v) is 9.18. The Morgan fingerprint density at radius 2 is 1.96 bits per heavy atom. The van der Waals surface area contributed by atoms with E-state index in [0.717, 1.165) is 44.5 Å². The minimum atomic E-state index is 0.0532. The predicted octanol–water partition coefficient (Wildman–Crippen LogP) is 2.58. The number of carbonyl (C=O) groups is 1. The van der Waals surface area contributed by atoms with E-state index in [1.165, 1.54) is 5.69 Å². The lowest BCUT2D eigenvalue weighted by molar-refractivity contribution is -0.133. The molecular formula is C20H26N4O. The van der Waals surface area contributed by atoms with E-state index in [9.17, 15) is 4.79 Å². The molecule has 2 aromatic heterocycles. The number of piperidine rings is 1. The maximum absolute atomic E-state index is 12.5. The average molecular weight is 338 g/mol. The van der Waals surface area contributed by atoms with Gasteiger partial charge >= 0.3 is 0 Å². The molecule has 25 heavy (non-hydrogen) atoms. The van der Waals surface area contributed by atoms with Crippen LogP contribution < -0.4 is 0 Å². The van der Waals surface area contributed by atoms with E-state index in [1.807, 2.05) is 12.3 Å². The molecule has 132 valence electrons. The molecule has 0 unspecified atom stereocenters. The Morgan fingerprint density at radius 3 is 2.64 bits per heavy atom. The van der Waals surface area contributed by atoms with Gasteiger partial charge in [0.1, 0.15) is 0 Å². The van der Waals surface area contributed by atoms with Crippen LogP contribution in [0.25, 0.3) is 0 Å². The van der Waals surface area contributed by atoms with Crippen molar-refractivity contribution in [1.82, 2.24) is 19.4 Å². The Morgan fingerprint density at radius 1 is 1.12 bits per heavy atom. The van der Waals surface area contributed by atoms with E-state index in [4.69, 9.17) is 0 Å². The van der Waals surface area contributed by atoms with Crippen molar-refractivity contribution in [3.8, 4) is 0 Å². The maximum Gasteiger partial charge on any atom is 0.223 e. The monoisotopic (exact) mass is 338 g/mol. The zero-order chi connectivity index (χ0) is 17.3. The number of hydrogen-bond acceptors (Lipinski definition) is 3. The van der Waals surface area contributed by atoms with Gasteiger partial charge < -0.3 is 9.47 Å². The van der Waals surface area contributed by atoms with Crippen LogP contribution in [0, 0.1) is 0 Å². The van der Waals surface area contributed by atoms with Crippen molar-refractivity contribution >= 4 is 5.91 Å². The largest absolute Gasteiger partial charge is 0.353 e. The summed E-state index contributed by atoms with van der Waals surface area (Å²) in [6.45, 7) is 3.81. The molecule has 2 fully saturated rings. The molecule has 0 atom stereocenters. The molecule has 0 aromatic carbocycles. The van der Waals surface area contributed by atoms with Gasteiger partial charge in [0.15, 0.2) is 0 Å². The minimum Gasteiger partial charge on any atom is -0.353 e. The molecule has 0 bridgehead atoms. The van der Waals surface area contributed by atoms with Crippen molar-refractivity contribution in [1.29, 1.82) is 0 Å². The second-order valence-corrected chi connectivity index (χ2v) is 7.45. The molecule has 4 heterocycles. The van der Waals surface area contributed by atoms with Crippen LogP contribution in [0.3, 0.4) is 0 Å². The highest BCUT2D eigenvalue weighted by atomic mass is 16.2. The number of aromatic nitrogens is 2. The number of nitrogens with zero attached hydrogens (tertiary/aromatic N) is 4. The lowest BCUT2D eigenvalue weighted by Gasteiger charge is -2.45. The molecule has 0 N–H and O–H groups in total. The highest BCUT2D eigenvalue weighted by molar-refractivity contribution is 5.79. The van der Waals surface area contributed by atoms with Crippen LogP contribution in [0.1, 0.15) is 36.9 Å². The minimum absolute atomic E-state index is 0.0532. The van der Waals surface area contributed by atoms with Gasteiger partial charge in [0.25, 0.3) is 0 Å². The van der Waals surface area contributed by atoms with Gasteiger partial charge in [-0.05, 0) is 43.0 Å². The number of rotatable bonds is 4. The van der Waals surface area contributed by atoms with Crippen LogP contribution in [-0.4, -0.2) is 43.9 Å². The van der Waals surface area contributed by atoms with Crippen molar-refractivity contribution in [3.05, 3.63) is 54.1 Å². The van der Waals surface area contributed by atoms with Crippen molar-refractivity contribution < 1.29 is 4.79 Å². The van der Waals surface area contributed by atoms with Crippen LogP contribution in [0.2, 0.25) is 0 Å². The fourth-order valence-electron chi connectivity index (χ4n) is 4.34. The van der Waals surface area contributed by atoms with E-state index in [-0.39, 0.29) is 5.54 Å². The molecule has 1 spiro atoms. The van der Waals surface area contributed by atoms with Crippen molar-refractivity contribution in [2.24, 2.45) is 7.05 Å². The van der Waals surface area contributed by atoms with Gasteiger partial charge in [-0.15, -0.1) is 0 Å². The summed E-state index contributed by atoms with van der Waals surface area (Å²) >= 11 is 0. The predicted molar refractivity (Wildman–Crippen MR) is 96.7 cm³/mol. The molecule has 0 saturated carbocycles. The zero-order valence-electron chi connectivity index (χ0n) is 14.9. The van der Waals surface area contributed by atoms with Gasteiger partial charge in [-0.1, -0.05) is 6.07 Å². The standard InChI is InChI=1S/C20H26N4O/c1-22-11-3-5-18(22)16-23-12-8-20(9-13-23)7-6-19(25)24(20)15-17-4-2-10-21-14-17/h2-5,10-11,14H,6-9,12-13,15-16H2,1H3. The first-order chi connectivity index (χ1) is 12.2. The van der Waals surface area contributed by atoms with Gasteiger partial charge in [-0.3, -0.25) is 14.7 Å². The van der Waals surface area contributed by atoms with Crippen molar-refractivity contribution in [3.63, 3.8) is 0 Å². The SMILES string of the molecule is Cn1cccc1CN1CCC2(CCC(=O)N2Cc2cccnc2)CC1. The molecule has 0 aliphatic carbocycles. The van der Waals surface area contributed by atoms with Crippen molar-refractivity contribution in [2.45, 2.75) is 44.3 Å². The third-order valence-electron chi connectivity index (χ3n) is 5.97. The molecule has 2 aromatic rings. The lowest BCUT2D eigenvalue weighted by Crippen LogP contribution is -2.52. The van der Waals surface area contributed by atoms with Gasteiger partial charge in [0.2, 0.25) is 5.91 Å². The van der Waals surface area contributed by atoms with E-state index < -0.39 is 0 Å². The number of hydrogen-bond donors (Lipinski definition) is 0. The van der Waals surface area contributed by atoms with Gasteiger partial charge in [-0.2, -0.15) is 0 Å². The Labute approximate surface area is 149 Å². The second-order valence-electron chi connectivity index (χ2n) is 7.45. The molecule has 5 nitrogen and oxygen atoms in total. The summed E-state index contributed by atoms with van der Waals surface area (Å²) in [7, 11) is 2.10. The molecular weight excluding hydrogens is 312 g/mol. The summed E-state index contributed by atoms with van der Waals surface area (Å²) in [6, 6.07) is 8.31. The quantitative estimate of drug-likeness (QED) is 0.860. The third-order valence-corrected chi connectivity index (χ3v) is 5.97. The van der Waals surface area contributed by atoms with Crippen molar-refractivity contribution in [2.75, 3.05) is 13.1 Å². The topological polar surface area (TPSA) is 41.4 Å². The Hall–Kier alpha value is -2.14. The highest BCUT2D eigenvalue weighted by Crippen LogP contribution is 2.40. The first-order valence-electron chi connectivity index (χ1n) is 9.18. The number of amides is 1. The number of pyridine rings is 1. The van der Waals surface area contributed by atoms with Crippen LogP contribution in [0.15, 0.2) is 42.9 Å². The summed E-state index contributed by atoms with van der Waals surface area (Å²) in [5.74, 6) is 0.305. The van der Waals surface area contributed by atoms with Gasteiger partial charge in [-0.25, -0.2) is 0 Å². The van der Waals surface area contributed by atoms with Crippen LogP contribution in [-0.2, 0) is 24.9 Å². The molecule has 5 heteroatoms. The molecule has 0 radical (unpaired) electrons. The fourth-order valence-corrected chi connectivity index (χ4v) is 4.34. The third kappa shape index (κ3) is 3.21. The maximum atomic E-state index is 12.5. The van der Waals surface area contributed by atoms with Crippen LogP contribution in [0.5, 0.6) is 0 Å². The number of carbonyl (C=O) groups excluding carboxylic acids is 1.